The molecular formula is C17H26N6O2. The van der Waals surface area contributed by atoms with Gasteiger partial charge in [0.1, 0.15) is 5.69 Å². The molecule has 0 aromatic carbocycles. The summed E-state index contributed by atoms with van der Waals surface area (Å²) in [6.07, 6.45) is 6.00. The van der Waals surface area contributed by atoms with E-state index in [0.29, 0.717) is 19.0 Å². The number of nitrogens with zero attached hydrogens (tertiary/aromatic N) is 5. The van der Waals surface area contributed by atoms with Gasteiger partial charge >= 0.3 is 0 Å². The second kappa shape index (κ2) is 8.55. The molecule has 8 heteroatoms. The monoisotopic (exact) mass is 346 g/mol. The molecule has 0 aliphatic carbocycles. The quantitative estimate of drug-likeness (QED) is 0.885. The maximum atomic E-state index is 12.5. The highest BCUT2D eigenvalue weighted by Gasteiger charge is 2.25. The van der Waals surface area contributed by atoms with Gasteiger partial charge in [0.25, 0.3) is 11.5 Å². The fourth-order valence-corrected chi connectivity index (χ4v) is 3.09. The third-order valence-electron chi connectivity index (χ3n) is 4.24. The zero-order chi connectivity index (χ0) is 16.9. The average Bonchev–Trinajstić information content (AvgIpc) is 3.02. The highest BCUT2D eigenvalue weighted by molar-refractivity contribution is 5.92. The van der Waals surface area contributed by atoms with Crippen LogP contribution in [0.2, 0.25) is 0 Å². The minimum absolute atomic E-state index is 0. The van der Waals surface area contributed by atoms with Crippen LogP contribution in [-0.2, 0) is 13.0 Å². The number of rotatable bonds is 5. The minimum atomic E-state index is -0.308. The van der Waals surface area contributed by atoms with Gasteiger partial charge in [0.05, 0.1) is 5.69 Å². The number of likely N-dealkylation sites (tertiary alicyclic amines) is 1. The van der Waals surface area contributed by atoms with E-state index in [1.807, 2.05) is 10.9 Å². The van der Waals surface area contributed by atoms with E-state index in [2.05, 4.69) is 27.4 Å². The van der Waals surface area contributed by atoms with Crippen LogP contribution in [0.3, 0.4) is 0 Å². The number of carbonyl (C=O) groups excluding carboxylic acids is 1. The number of aromatic amines is 1. The van der Waals surface area contributed by atoms with Gasteiger partial charge in [0.15, 0.2) is 0 Å². The summed E-state index contributed by atoms with van der Waals surface area (Å²) in [6, 6.07) is 2.80. The van der Waals surface area contributed by atoms with Crippen LogP contribution < -0.4 is 5.56 Å². The van der Waals surface area contributed by atoms with E-state index in [9.17, 15) is 9.59 Å². The van der Waals surface area contributed by atoms with Crippen molar-refractivity contribution in [3.63, 3.8) is 0 Å². The normalized spacial score (nSPS) is 17.2. The van der Waals surface area contributed by atoms with Crippen LogP contribution >= 0.6 is 0 Å². The lowest BCUT2D eigenvalue weighted by molar-refractivity contribution is 0.0652. The number of amides is 1. The van der Waals surface area contributed by atoms with Gasteiger partial charge in [0, 0.05) is 31.9 Å². The molecule has 8 nitrogen and oxygen atoms in total. The highest BCUT2D eigenvalue weighted by atomic mass is 16.2. The van der Waals surface area contributed by atoms with Crippen molar-refractivity contribution in [2.75, 3.05) is 13.1 Å². The third kappa shape index (κ3) is 4.74. The molecule has 2 aromatic rings. The van der Waals surface area contributed by atoms with Crippen molar-refractivity contribution >= 4 is 5.91 Å². The molecule has 1 fully saturated rings. The number of aryl methyl sites for hydroxylation is 1. The Balaban J connectivity index is 0.00000225. The first kappa shape index (κ1) is 18.8. The molecule has 136 valence electrons. The SMILES string of the molecule is C.CCCc1cn(CC2CCCN(C(=O)c3ccc(=O)[nH]n3)C2)nn1. The second-order valence-corrected chi connectivity index (χ2v) is 6.25. The molecule has 1 saturated heterocycles. The summed E-state index contributed by atoms with van der Waals surface area (Å²) in [7, 11) is 0. The molecule has 25 heavy (non-hydrogen) atoms. The molecule has 1 N–H and O–H groups in total. The van der Waals surface area contributed by atoms with E-state index in [1.165, 1.54) is 12.1 Å². The Labute approximate surface area is 147 Å². The Hall–Kier alpha value is -2.51. The topological polar surface area (TPSA) is 96.8 Å². The molecule has 1 atom stereocenters. The number of aromatic nitrogens is 5. The Bertz CT molecular complexity index is 733. The van der Waals surface area contributed by atoms with Crippen molar-refractivity contribution in [1.29, 1.82) is 0 Å². The lowest BCUT2D eigenvalue weighted by Gasteiger charge is -2.32. The molecule has 1 unspecified atom stereocenters. The van der Waals surface area contributed by atoms with Gasteiger partial charge in [-0.2, -0.15) is 5.10 Å². The molecule has 3 heterocycles. The van der Waals surface area contributed by atoms with Gasteiger partial charge in [-0.1, -0.05) is 26.0 Å². The van der Waals surface area contributed by atoms with Gasteiger partial charge in [-0.15, -0.1) is 5.10 Å². The van der Waals surface area contributed by atoms with Gasteiger partial charge in [-0.3, -0.25) is 14.3 Å². The smallest absolute Gasteiger partial charge is 0.274 e. The first-order valence-corrected chi connectivity index (χ1v) is 8.39. The summed E-state index contributed by atoms with van der Waals surface area (Å²) in [5.74, 6) is 0.211. The van der Waals surface area contributed by atoms with Crippen molar-refractivity contribution in [2.24, 2.45) is 5.92 Å². The second-order valence-electron chi connectivity index (χ2n) is 6.25. The standard InChI is InChI=1S/C16H22N6O2.CH4/c1-2-4-13-11-22(20-17-13)10-12-5-3-8-21(9-12)16(24)14-6-7-15(23)19-18-14;/h6-7,11-12H,2-5,8-10H2,1H3,(H,19,23);1H4. The molecule has 3 rings (SSSR count). The van der Waals surface area contributed by atoms with Gasteiger partial charge < -0.3 is 4.90 Å². The van der Waals surface area contributed by atoms with Gasteiger partial charge in [-0.25, -0.2) is 5.10 Å². The first-order valence-electron chi connectivity index (χ1n) is 8.39. The maximum absolute atomic E-state index is 12.5. The molecular weight excluding hydrogens is 320 g/mol. The number of nitrogens with one attached hydrogen (secondary N) is 1. The van der Waals surface area contributed by atoms with E-state index in [0.717, 1.165) is 37.9 Å². The Morgan fingerprint density at radius 1 is 1.40 bits per heavy atom. The van der Waals surface area contributed by atoms with E-state index in [1.54, 1.807) is 4.90 Å². The summed E-state index contributed by atoms with van der Waals surface area (Å²) in [6.45, 7) is 4.27. The molecule has 0 radical (unpaired) electrons. The number of hydrogen-bond acceptors (Lipinski definition) is 5. The number of H-pyrrole nitrogens is 1. The molecule has 1 aliphatic rings. The zero-order valence-electron chi connectivity index (χ0n) is 13.8. The van der Waals surface area contributed by atoms with Gasteiger partial charge in [0.2, 0.25) is 0 Å². The number of piperidine rings is 1. The van der Waals surface area contributed by atoms with E-state index in [4.69, 9.17) is 0 Å². The third-order valence-corrected chi connectivity index (χ3v) is 4.24. The Morgan fingerprint density at radius 2 is 2.24 bits per heavy atom. The zero-order valence-corrected chi connectivity index (χ0v) is 13.8. The Morgan fingerprint density at radius 3 is 2.96 bits per heavy atom. The summed E-state index contributed by atoms with van der Waals surface area (Å²) in [4.78, 5) is 25.4. The summed E-state index contributed by atoms with van der Waals surface area (Å²) < 4.78 is 1.88. The summed E-state index contributed by atoms with van der Waals surface area (Å²) >= 11 is 0. The van der Waals surface area contributed by atoms with E-state index in [-0.39, 0.29) is 24.6 Å². The fraction of sp³-hybridized carbons (Fsp3) is 0.588. The molecule has 0 spiro atoms. The number of hydrogen-bond donors (Lipinski definition) is 1. The van der Waals surface area contributed by atoms with Crippen LogP contribution in [0.1, 0.15) is 49.8 Å². The lowest BCUT2D eigenvalue weighted by Crippen LogP contribution is -2.41. The van der Waals surface area contributed by atoms with Crippen LogP contribution in [0, 0.1) is 5.92 Å². The summed E-state index contributed by atoms with van der Waals surface area (Å²) in [5.41, 5.74) is 0.983. The molecule has 0 saturated carbocycles. The largest absolute Gasteiger partial charge is 0.337 e. The van der Waals surface area contributed by atoms with Crippen molar-refractivity contribution in [3.8, 4) is 0 Å². The molecule has 1 aliphatic heterocycles. The van der Waals surface area contributed by atoms with Gasteiger partial charge in [-0.05, 0) is 31.2 Å². The van der Waals surface area contributed by atoms with Crippen LogP contribution in [0.15, 0.2) is 23.1 Å². The van der Waals surface area contributed by atoms with Crippen molar-refractivity contribution in [3.05, 3.63) is 40.1 Å². The van der Waals surface area contributed by atoms with E-state index >= 15 is 0 Å². The van der Waals surface area contributed by atoms with Crippen molar-refractivity contribution in [2.45, 2.75) is 46.6 Å². The first-order chi connectivity index (χ1) is 11.7. The van der Waals surface area contributed by atoms with Crippen molar-refractivity contribution < 1.29 is 4.79 Å². The predicted molar refractivity (Wildman–Crippen MR) is 94.2 cm³/mol. The Kier molecular flexibility index (Phi) is 6.44. The summed E-state index contributed by atoms with van der Waals surface area (Å²) in [5, 5.41) is 14.5. The van der Waals surface area contributed by atoms with Crippen LogP contribution in [0.25, 0.3) is 0 Å². The fourth-order valence-electron chi connectivity index (χ4n) is 3.09. The molecule has 1 amide bonds. The molecule has 2 aromatic heterocycles. The van der Waals surface area contributed by atoms with E-state index < -0.39 is 0 Å². The maximum Gasteiger partial charge on any atom is 0.274 e. The highest BCUT2D eigenvalue weighted by Crippen LogP contribution is 2.19. The number of carbonyl (C=O) groups is 1. The molecule has 0 bridgehead atoms. The lowest BCUT2D eigenvalue weighted by atomic mass is 9.97. The average molecular weight is 346 g/mol. The van der Waals surface area contributed by atoms with Crippen LogP contribution in [0.5, 0.6) is 0 Å². The predicted octanol–water partition coefficient (Wildman–Crippen LogP) is 1.50. The van der Waals surface area contributed by atoms with Crippen molar-refractivity contribution in [1.82, 2.24) is 30.1 Å². The van der Waals surface area contributed by atoms with Crippen LogP contribution in [-0.4, -0.2) is 49.1 Å². The minimum Gasteiger partial charge on any atom is -0.337 e. The van der Waals surface area contributed by atoms with Crippen LogP contribution in [0.4, 0.5) is 0 Å².